The number of methoxy groups -OCH3 is 1. The number of nitrogens with one attached hydrogen (secondary N) is 1. The first-order valence-electron chi connectivity index (χ1n) is 5.99. The van der Waals surface area contributed by atoms with E-state index in [0.29, 0.717) is 11.5 Å². The number of carbonyl (C=O) groups is 1. The number of benzene rings is 1. The molecule has 1 aliphatic heterocycles. The average molecular weight is 352 g/mol. The van der Waals surface area contributed by atoms with E-state index < -0.39 is 21.5 Å². The van der Waals surface area contributed by atoms with Crippen LogP contribution in [0.15, 0.2) is 23.1 Å². The smallest absolute Gasteiger partial charge is 0.325 e. The molecular weight excluding hydrogens is 338 g/mol. The molecule has 1 unspecified atom stereocenters. The van der Waals surface area contributed by atoms with Crippen LogP contribution < -0.4 is 9.46 Å². The van der Waals surface area contributed by atoms with Gasteiger partial charge in [0.15, 0.2) is 0 Å². The van der Waals surface area contributed by atoms with Gasteiger partial charge < -0.3 is 9.84 Å². The van der Waals surface area contributed by atoms with Gasteiger partial charge in [-0.1, -0.05) is 11.6 Å². The zero-order chi connectivity index (χ0) is 15.7. The van der Waals surface area contributed by atoms with Gasteiger partial charge in [0.2, 0.25) is 10.0 Å². The van der Waals surface area contributed by atoms with E-state index in [9.17, 15) is 18.3 Å². The fraction of sp³-hybridized carbons (Fsp3) is 0.417. The number of hydrogen-bond acceptors (Lipinski definition) is 5. The van der Waals surface area contributed by atoms with Crippen molar-refractivity contribution in [3.8, 4) is 5.75 Å². The van der Waals surface area contributed by atoms with E-state index in [1.807, 2.05) is 0 Å². The van der Waals surface area contributed by atoms with Crippen LogP contribution in [0, 0.1) is 0 Å². The van der Waals surface area contributed by atoms with Crippen molar-refractivity contribution in [1.29, 1.82) is 0 Å². The van der Waals surface area contributed by atoms with Crippen molar-refractivity contribution in [3.05, 3.63) is 23.2 Å². The molecule has 0 bridgehead atoms. The van der Waals surface area contributed by atoms with Gasteiger partial charge in [0.05, 0.1) is 17.0 Å². The summed E-state index contributed by atoms with van der Waals surface area (Å²) in [6, 6.07) is 3.98. The van der Waals surface area contributed by atoms with Crippen molar-refractivity contribution in [2.45, 2.75) is 16.9 Å². The lowest BCUT2D eigenvalue weighted by Crippen LogP contribution is -2.54. The number of carboxylic acid groups (broad SMARTS) is 1. The summed E-state index contributed by atoms with van der Waals surface area (Å²) in [6.45, 7) is 0. The second kappa shape index (κ2) is 6.04. The Labute approximate surface area is 131 Å². The Kier molecular flexibility index (Phi) is 4.72. The van der Waals surface area contributed by atoms with Gasteiger partial charge in [0.25, 0.3) is 0 Å². The SMILES string of the molecule is COc1ccc(S(=O)(=O)NC2(C(=O)O)CCSC2)cc1Cl. The number of halogens is 1. The van der Waals surface area contributed by atoms with Gasteiger partial charge in [-0.25, -0.2) is 8.42 Å². The molecule has 2 N–H and O–H groups in total. The number of rotatable bonds is 5. The number of carboxylic acids is 1. The lowest BCUT2D eigenvalue weighted by molar-refractivity contribution is -0.142. The highest BCUT2D eigenvalue weighted by atomic mass is 35.5. The summed E-state index contributed by atoms with van der Waals surface area (Å²) < 4.78 is 32.0. The third-order valence-electron chi connectivity index (χ3n) is 3.19. The molecule has 116 valence electrons. The van der Waals surface area contributed by atoms with Gasteiger partial charge >= 0.3 is 5.97 Å². The molecule has 2 rings (SSSR count). The van der Waals surface area contributed by atoms with E-state index in [4.69, 9.17) is 16.3 Å². The zero-order valence-electron chi connectivity index (χ0n) is 11.1. The van der Waals surface area contributed by atoms with Crippen LogP contribution in [0.25, 0.3) is 0 Å². The molecule has 0 radical (unpaired) electrons. The van der Waals surface area contributed by atoms with Crippen LogP contribution in [0.2, 0.25) is 5.02 Å². The van der Waals surface area contributed by atoms with Crippen LogP contribution in [-0.2, 0) is 14.8 Å². The third kappa shape index (κ3) is 3.28. The molecule has 1 atom stereocenters. The van der Waals surface area contributed by atoms with E-state index in [0.717, 1.165) is 0 Å². The molecule has 0 spiro atoms. The summed E-state index contributed by atoms with van der Waals surface area (Å²) in [4.78, 5) is 11.3. The fourth-order valence-electron chi connectivity index (χ4n) is 1.99. The molecule has 1 aromatic carbocycles. The highest BCUT2D eigenvalue weighted by molar-refractivity contribution is 7.99. The van der Waals surface area contributed by atoms with E-state index in [-0.39, 0.29) is 22.1 Å². The molecule has 6 nitrogen and oxygen atoms in total. The highest BCUT2D eigenvalue weighted by Crippen LogP contribution is 2.31. The number of aliphatic carboxylic acids is 1. The molecule has 1 saturated heterocycles. The predicted molar refractivity (Wildman–Crippen MR) is 80.6 cm³/mol. The van der Waals surface area contributed by atoms with E-state index in [2.05, 4.69) is 4.72 Å². The first-order valence-corrected chi connectivity index (χ1v) is 9.01. The monoisotopic (exact) mass is 351 g/mol. The van der Waals surface area contributed by atoms with Crippen LogP contribution in [0.4, 0.5) is 0 Å². The van der Waals surface area contributed by atoms with Crippen molar-refractivity contribution < 1.29 is 23.1 Å². The molecule has 1 aliphatic rings. The normalized spacial score (nSPS) is 22.2. The van der Waals surface area contributed by atoms with E-state index >= 15 is 0 Å². The van der Waals surface area contributed by atoms with Crippen LogP contribution in [0.5, 0.6) is 5.75 Å². The van der Waals surface area contributed by atoms with Crippen molar-refractivity contribution in [1.82, 2.24) is 4.72 Å². The molecule has 0 amide bonds. The summed E-state index contributed by atoms with van der Waals surface area (Å²) >= 11 is 7.31. The van der Waals surface area contributed by atoms with Crippen molar-refractivity contribution in [3.63, 3.8) is 0 Å². The standard InChI is InChI=1S/C12H14ClNO5S2/c1-19-10-3-2-8(6-9(10)13)21(17,18)14-12(11(15)16)4-5-20-7-12/h2-3,6,14H,4-5,7H2,1H3,(H,15,16). The van der Waals surface area contributed by atoms with Gasteiger partial charge in [-0.2, -0.15) is 16.5 Å². The lowest BCUT2D eigenvalue weighted by atomic mass is 10.0. The molecule has 0 aromatic heterocycles. The van der Waals surface area contributed by atoms with Gasteiger partial charge in [0, 0.05) is 5.75 Å². The Bertz CT molecular complexity index is 656. The van der Waals surface area contributed by atoms with Gasteiger partial charge in [0.1, 0.15) is 11.3 Å². The second-order valence-corrected chi connectivity index (χ2v) is 7.79. The molecule has 1 heterocycles. The number of sulfonamides is 1. The number of hydrogen-bond donors (Lipinski definition) is 2. The van der Waals surface area contributed by atoms with Crippen LogP contribution in [-0.4, -0.2) is 43.6 Å². The maximum absolute atomic E-state index is 12.4. The van der Waals surface area contributed by atoms with Crippen LogP contribution >= 0.6 is 23.4 Å². The molecular formula is C12H14ClNO5S2. The Balaban J connectivity index is 2.34. The van der Waals surface area contributed by atoms with Crippen molar-refractivity contribution in [2.24, 2.45) is 0 Å². The third-order valence-corrected chi connectivity index (χ3v) is 6.21. The fourth-order valence-corrected chi connectivity index (χ4v) is 5.14. The van der Waals surface area contributed by atoms with Crippen LogP contribution in [0.1, 0.15) is 6.42 Å². The Hall–Kier alpha value is -0.960. The molecule has 1 aromatic rings. The largest absolute Gasteiger partial charge is 0.495 e. The second-order valence-electron chi connectivity index (χ2n) is 4.59. The molecule has 1 fully saturated rings. The van der Waals surface area contributed by atoms with Gasteiger partial charge in [-0.15, -0.1) is 0 Å². The molecule has 0 aliphatic carbocycles. The first kappa shape index (κ1) is 16.4. The van der Waals surface area contributed by atoms with E-state index in [1.165, 1.54) is 37.1 Å². The van der Waals surface area contributed by atoms with Crippen LogP contribution in [0.3, 0.4) is 0 Å². The van der Waals surface area contributed by atoms with E-state index in [1.54, 1.807) is 0 Å². The Morgan fingerprint density at radius 1 is 1.52 bits per heavy atom. The van der Waals surface area contributed by atoms with Gasteiger partial charge in [-0.05, 0) is 30.4 Å². The summed E-state index contributed by atoms with van der Waals surface area (Å²) in [5, 5.41) is 9.47. The maximum atomic E-state index is 12.4. The first-order chi connectivity index (χ1) is 9.81. The van der Waals surface area contributed by atoms with Gasteiger partial charge in [-0.3, -0.25) is 4.79 Å². The Morgan fingerprint density at radius 3 is 2.71 bits per heavy atom. The summed E-state index contributed by atoms with van der Waals surface area (Å²) in [7, 11) is -2.56. The summed E-state index contributed by atoms with van der Waals surface area (Å²) in [5.41, 5.74) is -1.46. The molecule has 9 heteroatoms. The number of ether oxygens (including phenoxy) is 1. The predicted octanol–water partition coefficient (Wildman–Crippen LogP) is 1.59. The minimum atomic E-state index is -3.98. The minimum absolute atomic E-state index is 0.0918. The zero-order valence-corrected chi connectivity index (χ0v) is 13.5. The average Bonchev–Trinajstić information content (AvgIpc) is 2.87. The summed E-state index contributed by atoms with van der Waals surface area (Å²) in [6.07, 6.45) is 0.246. The summed E-state index contributed by atoms with van der Waals surface area (Å²) in [5.74, 6) is -0.0282. The maximum Gasteiger partial charge on any atom is 0.325 e. The van der Waals surface area contributed by atoms with Crippen molar-refractivity contribution in [2.75, 3.05) is 18.6 Å². The quantitative estimate of drug-likeness (QED) is 0.836. The highest BCUT2D eigenvalue weighted by Gasteiger charge is 2.45. The minimum Gasteiger partial charge on any atom is -0.495 e. The van der Waals surface area contributed by atoms with Crippen molar-refractivity contribution >= 4 is 39.4 Å². The Morgan fingerprint density at radius 2 is 2.24 bits per heavy atom. The molecule has 0 saturated carbocycles. The topological polar surface area (TPSA) is 92.7 Å². The number of thioether (sulfide) groups is 1. The molecule has 21 heavy (non-hydrogen) atoms. The lowest BCUT2D eigenvalue weighted by Gasteiger charge is -2.24.